The molecule has 1 heterocycles. The van der Waals surface area contributed by atoms with Crippen molar-refractivity contribution in [1.29, 1.82) is 0 Å². The third kappa shape index (κ3) is 3.62. The molecule has 1 aromatic heterocycles. The van der Waals surface area contributed by atoms with Crippen LogP contribution in [0.2, 0.25) is 0 Å². The lowest BCUT2D eigenvalue weighted by Crippen LogP contribution is -2.36. The molecule has 0 aliphatic carbocycles. The van der Waals surface area contributed by atoms with E-state index in [1.54, 1.807) is 25.3 Å². The Morgan fingerprint density at radius 2 is 2.40 bits per heavy atom. The van der Waals surface area contributed by atoms with Gasteiger partial charge in [-0.1, -0.05) is 6.07 Å². The van der Waals surface area contributed by atoms with Gasteiger partial charge >= 0.3 is 0 Å². The number of ether oxygens (including phenoxy) is 1. The maximum Gasteiger partial charge on any atom is 0.247 e. The van der Waals surface area contributed by atoms with Crippen molar-refractivity contribution in [3.63, 3.8) is 0 Å². The van der Waals surface area contributed by atoms with Gasteiger partial charge in [-0.2, -0.15) is 0 Å². The molecule has 0 aliphatic heterocycles. The first-order chi connectivity index (χ1) is 9.70. The number of carbonyl (C=O) groups is 1. The summed E-state index contributed by atoms with van der Waals surface area (Å²) in [5, 5.41) is 10.2. The van der Waals surface area contributed by atoms with Gasteiger partial charge in [0.2, 0.25) is 18.2 Å². The standard InChI is InChI=1S/C13H16N4O3/c1-19-6-5-11(14)12(18)16-10-4-2-3-9(7-10)13-17-15-8-20-13/h2-4,7-8,11H,5-6,14H2,1H3,(H,16,18). The Kier molecular flexibility index (Phi) is 4.80. The Balaban J connectivity index is 2.03. The SMILES string of the molecule is COCCC(N)C(=O)Nc1cccc(-c2nnco2)c1. The molecule has 1 atom stereocenters. The Morgan fingerprint density at radius 3 is 3.10 bits per heavy atom. The second-order valence-corrected chi connectivity index (χ2v) is 4.20. The van der Waals surface area contributed by atoms with Crippen LogP contribution in [-0.2, 0) is 9.53 Å². The Labute approximate surface area is 116 Å². The topological polar surface area (TPSA) is 103 Å². The molecule has 0 saturated heterocycles. The summed E-state index contributed by atoms with van der Waals surface area (Å²) >= 11 is 0. The van der Waals surface area contributed by atoms with Crippen molar-refractivity contribution in [2.45, 2.75) is 12.5 Å². The second kappa shape index (κ2) is 6.78. The van der Waals surface area contributed by atoms with E-state index in [9.17, 15) is 4.79 Å². The van der Waals surface area contributed by atoms with Crippen molar-refractivity contribution in [3.8, 4) is 11.5 Å². The number of nitrogens with one attached hydrogen (secondary N) is 1. The van der Waals surface area contributed by atoms with Crippen molar-refractivity contribution < 1.29 is 13.9 Å². The van der Waals surface area contributed by atoms with Crippen molar-refractivity contribution in [3.05, 3.63) is 30.7 Å². The molecular weight excluding hydrogens is 260 g/mol. The summed E-state index contributed by atoms with van der Waals surface area (Å²) in [6, 6.07) is 6.50. The predicted molar refractivity (Wildman–Crippen MR) is 72.8 cm³/mol. The number of nitrogens with zero attached hydrogens (tertiary/aromatic N) is 2. The first-order valence-corrected chi connectivity index (χ1v) is 6.12. The number of benzene rings is 1. The van der Waals surface area contributed by atoms with Crippen LogP contribution in [0.4, 0.5) is 5.69 Å². The van der Waals surface area contributed by atoms with E-state index in [2.05, 4.69) is 15.5 Å². The minimum atomic E-state index is -0.609. The maximum absolute atomic E-state index is 11.9. The normalized spacial score (nSPS) is 12.1. The molecule has 7 heteroatoms. The number of rotatable bonds is 6. The van der Waals surface area contributed by atoms with Crippen LogP contribution in [0.15, 0.2) is 35.1 Å². The molecular formula is C13H16N4O3. The molecule has 2 rings (SSSR count). The summed E-state index contributed by atoms with van der Waals surface area (Å²) in [4.78, 5) is 11.9. The first-order valence-electron chi connectivity index (χ1n) is 6.12. The average Bonchev–Trinajstić information content (AvgIpc) is 2.99. The molecule has 0 radical (unpaired) electrons. The fourth-order valence-corrected chi connectivity index (χ4v) is 1.64. The minimum Gasteiger partial charge on any atom is -0.423 e. The number of hydrogen-bond donors (Lipinski definition) is 2. The fourth-order valence-electron chi connectivity index (χ4n) is 1.64. The van der Waals surface area contributed by atoms with Gasteiger partial charge in [0.25, 0.3) is 0 Å². The third-order valence-corrected chi connectivity index (χ3v) is 2.71. The van der Waals surface area contributed by atoms with Crippen molar-refractivity contribution in [2.75, 3.05) is 19.0 Å². The summed E-state index contributed by atoms with van der Waals surface area (Å²) in [7, 11) is 1.57. The van der Waals surface area contributed by atoms with Crippen LogP contribution >= 0.6 is 0 Å². The smallest absolute Gasteiger partial charge is 0.247 e. The highest BCUT2D eigenvalue weighted by molar-refractivity contribution is 5.95. The van der Waals surface area contributed by atoms with Gasteiger partial charge in [-0.15, -0.1) is 10.2 Å². The zero-order valence-corrected chi connectivity index (χ0v) is 11.1. The van der Waals surface area contributed by atoms with E-state index < -0.39 is 6.04 Å². The molecule has 0 fully saturated rings. The van der Waals surface area contributed by atoms with Crippen LogP contribution in [-0.4, -0.2) is 35.9 Å². The summed E-state index contributed by atoms with van der Waals surface area (Å²) in [6.45, 7) is 0.441. The van der Waals surface area contributed by atoms with Crippen LogP contribution in [0.25, 0.3) is 11.5 Å². The molecule has 1 amide bonds. The van der Waals surface area contributed by atoms with E-state index in [0.717, 1.165) is 5.56 Å². The average molecular weight is 276 g/mol. The highest BCUT2D eigenvalue weighted by atomic mass is 16.5. The van der Waals surface area contributed by atoms with E-state index in [-0.39, 0.29) is 5.91 Å². The van der Waals surface area contributed by atoms with Crippen molar-refractivity contribution in [2.24, 2.45) is 5.73 Å². The van der Waals surface area contributed by atoms with Crippen LogP contribution < -0.4 is 11.1 Å². The third-order valence-electron chi connectivity index (χ3n) is 2.71. The van der Waals surface area contributed by atoms with Gasteiger partial charge < -0.3 is 20.2 Å². The highest BCUT2D eigenvalue weighted by Gasteiger charge is 2.13. The van der Waals surface area contributed by atoms with Crippen molar-refractivity contribution >= 4 is 11.6 Å². The van der Waals surface area contributed by atoms with Crippen LogP contribution in [0.3, 0.4) is 0 Å². The zero-order chi connectivity index (χ0) is 14.4. The monoisotopic (exact) mass is 276 g/mol. The molecule has 0 saturated carbocycles. The Hall–Kier alpha value is -2.25. The van der Waals surface area contributed by atoms with Gasteiger partial charge in [-0.05, 0) is 24.6 Å². The van der Waals surface area contributed by atoms with Crippen LogP contribution in [0.1, 0.15) is 6.42 Å². The van der Waals surface area contributed by atoms with Gasteiger partial charge in [0.05, 0.1) is 6.04 Å². The molecule has 7 nitrogen and oxygen atoms in total. The van der Waals surface area contributed by atoms with E-state index in [4.69, 9.17) is 14.9 Å². The van der Waals surface area contributed by atoms with Crippen LogP contribution in [0.5, 0.6) is 0 Å². The quantitative estimate of drug-likeness (QED) is 0.817. The van der Waals surface area contributed by atoms with Gasteiger partial charge in [0.15, 0.2) is 0 Å². The molecule has 0 spiro atoms. The minimum absolute atomic E-state index is 0.260. The van der Waals surface area contributed by atoms with Gasteiger partial charge in [-0.3, -0.25) is 4.79 Å². The van der Waals surface area contributed by atoms with E-state index in [1.165, 1.54) is 6.39 Å². The molecule has 106 valence electrons. The fraction of sp³-hybridized carbons (Fsp3) is 0.308. The number of hydrogen-bond acceptors (Lipinski definition) is 6. The number of aromatic nitrogens is 2. The zero-order valence-electron chi connectivity index (χ0n) is 11.1. The molecule has 1 aromatic carbocycles. The number of amides is 1. The van der Waals surface area contributed by atoms with Crippen LogP contribution in [0, 0.1) is 0 Å². The highest BCUT2D eigenvalue weighted by Crippen LogP contribution is 2.20. The molecule has 20 heavy (non-hydrogen) atoms. The molecule has 3 N–H and O–H groups in total. The Bertz CT molecular complexity index is 557. The summed E-state index contributed by atoms with van der Waals surface area (Å²) < 4.78 is 10.00. The lowest BCUT2D eigenvalue weighted by atomic mass is 10.1. The van der Waals surface area contributed by atoms with E-state index >= 15 is 0 Å². The lowest BCUT2D eigenvalue weighted by Gasteiger charge is -2.12. The number of anilines is 1. The molecule has 1 unspecified atom stereocenters. The largest absolute Gasteiger partial charge is 0.423 e. The van der Waals surface area contributed by atoms with E-state index in [0.29, 0.717) is 24.6 Å². The number of nitrogens with two attached hydrogens (primary N) is 1. The molecule has 0 bridgehead atoms. The summed E-state index contributed by atoms with van der Waals surface area (Å²) in [5.41, 5.74) is 7.10. The predicted octanol–water partition coefficient (Wildman–Crippen LogP) is 1.04. The molecule has 2 aromatic rings. The lowest BCUT2D eigenvalue weighted by molar-refractivity contribution is -0.117. The summed E-state index contributed by atoms with van der Waals surface area (Å²) in [6.07, 6.45) is 1.72. The number of carbonyl (C=O) groups excluding carboxylic acids is 1. The van der Waals surface area contributed by atoms with Gasteiger partial charge in [0, 0.05) is 25.0 Å². The summed E-state index contributed by atoms with van der Waals surface area (Å²) in [5.74, 6) is 0.134. The Morgan fingerprint density at radius 1 is 1.55 bits per heavy atom. The first kappa shape index (κ1) is 14.2. The molecule has 0 aliphatic rings. The van der Waals surface area contributed by atoms with Gasteiger partial charge in [-0.25, -0.2) is 0 Å². The van der Waals surface area contributed by atoms with Gasteiger partial charge in [0.1, 0.15) is 0 Å². The second-order valence-electron chi connectivity index (χ2n) is 4.20. The maximum atomic E-state index is 11.9. The number of methoxy groups -OCH3 is 1. The van der Waals surface area contributed by atoms with E-state index in [1.807, 2.05) is 6.07 Å². The van der Waals surface area contributed by atoms with Crippen molar-refractivity contribution in [1.82, 2.24) is 10.2 Å².